The van der Waals surface area contributed by atoms with E-state index >= 15 is 0 Å². The van der Waals surface area contributed by atoms with Gasteiger partial charge in [-0.2, -0.15) is 4.31 Å². The molecule has 1 atom stereocenters. The zero-order valence-corrected chi connectivity index (χ0v) is 20.4. The third kappa shape index (κ3) is 5.85. The summed E-state index contributed by atoms with van der Waals surface area (Å²) in [4.78, 5) is 17.1. The molecule has 3 aromatic rings. The molecule has 0 aliphatic carbocycles. The van der Waals surface area contributed by atoms with Crippen LogP contribution in [0.1, 0.15) is 12.8 Å². The van der Waals surface area contributed by atoms with Gasteiger partial charge in [0.05, 0.1) is 10.4 Å². The molecule has 1 fully saturated rings. The van der Waals surface area contributed by atoms with Crippen molar-refractivity contribution >= 4 is 37.0 Å². The maximum atomic E-state index is 12.8. The van der Waals surface area contributed by atoms with Gasteiger partial charge in [0.2, 0.25) is 10.0 Å². The summed E-state index contributed by atoms with van der Waals surface area (Å²) < 4.78 is 33.6. The van der Waals surface area contributed by atoms with Crippen LogP contribution < -0.4 is 15.7 Å². The number of sulfonamides is 1. The van der Waals surface area contributed by atoms with E-state index in [0.717, 1.165) is 17.3 Å². The molecule has 33 heavy (non-hydrogen) atoms. The highest BCUT2D eigenvalue weighted by Gasteiger charge is 2.29. The second-order valence-electron chi connectivity index (χ2n) is 8.19. The fourth-order valence-corrected chi connectivity index (χ4v) is 6.05. The Hall–Kier alpha value is -2.18. The second kappa shape index (κ2) is 10.4. The van der Waals surface area contributed by atoms with Crippen LogP contribution in [0.2, 0.25) is 0 Å². The Morgan fingerprint density at radius 2 is 1.94 bits per heavy atom. The van der Waals surface area contributed by atoms with E-state index in [1.807, 2.05) is 0 Å². The summed E-state index contributed by atoms with van der Waals surface area (Å²) in [6.07, 6.45) is 0.800. The molecule has 0 radical (unpaired) electrons. The minimum Gasteiger partial charge on any atom is -0.489 e. The number of ether oxygens (including phenoxy) is 1. The van der Waals surface area contributed by atoms with Gasteiger partial charge in [-0.15, -0.1) is 0 Å². The van der Waals surface area contributed by atoms with Gasteiger partial charge < -0.3 is 25.1 Å². The quantitative estimate of drug-likeness (QED) is 0.330. The van der Waals surface area contributed by atoms with Gasteiger partial charge in [-0.3, -0.25) is 0 Å². The summed E-state index contributed by atoms with van der Waals surface area (Å²) >= 11 is 3.33. The van der Waals surface area contributed by atoms with Gasteiger partial charge in [-0.25, -0.2) is 13.2 Å². The van der Waals surface area contributed by atoms with Gasteiger partial charge in [-0.1, -0.05) is 28.1 Å². The van der Waals surface area contributed by atoms with Crippen molar-refractivity contribution in [3.05, 3.63) is 57.4 Å². The predicted octanol–water partition coefficient (Wildman–Crippen LogP) is 2.05. The normalized spacial score (nSPS) is 16.8. The van der Waals surface area contributed by atoms with Crippen molar-refractivity contribution in [1.29, 1.82) is 0 Å². The standard InChI is InChI=1S/C22H27BrN4O5S/c23-16-3-1-4-18(11-16)33(30,31)27-9-7-15(8-10-27)12-24-13-17(28)14-32-20-6-2-5-19-21(20)26-22(29)25-19/h1-6,11,15,17,24,28H,7-10,12-14H2,(H2,25,26,29)/t17-/m0/s1. The van der Waals surface area contributed by atoms with Gasteiger partial charge in [0.15, 0.2) is 0 Å². The molecule has 2 heterocycles. The molecule has 9 nitrogen and oxygen atoms in total. The van der Waals surface area contributed by atoms with E-state index in [4.69, 9.17) is 4.74 Å². The first-order valence-corrected chi connectivity index (χ1v) is 13.0. The number of piperidine rings is 1. The number of H-pyrrole nitrogens is 2. The highest BCUT2D eigenvalue weighted by atomic mass is 79.9. The predicted molar refractivity (Wildman–Crippen MR) is 129 cm³/mol. The number of aliphatic hydroxyl groups is 1. The zero-order valence-electron chi connectivity index (χ0n) is 18.0. The van der Waals surface area contributed by atoms with Crippen LogP contribution in [0.5, 0.6) is 5.75 Å². The van der Waals surface area contributed by atoms with E-state index in [9.17, 15) is 18.3 Å². The second-order valence-corrected chi connectivity index (χ2v) is 11.0. The molecular weight excluding hydrogens is 512 g/mol. The number of hydrogen-bond acceptors (Lipinski definition) is 6. The maximum absolute atomic E-state index is 12.8. The van der Waals surface area contributed by atoms with Crippen LogP contribution >= 0.6 is 15.9 Å². The van der Waals surface area contributed by atoms with E-state index in [1.54, 1.807) is 46.8 Å². The van der Waals surface area contributed by atoms with Crippen LogP contribution in [0.15, 0.2) is 56.6 Å². The van der Waals surface area contributed by atoms with E-state index in [-0.39, 0.29) is 12.3 Å². The molecule has 0 bridgehead atoms. The fourth-order valence-electron chi connectivity index (χ4n) is 3.98. The van der Waals surface area contributed by atoms with Crippen LogP contribution in [0.3, 0.4) is 0 Å². The van der Waals surface area contributed by atoms with Crippen LogP contribution in [0.4, 0.5) is 0 Å². The molecule has 0 saturated carbocycles. The summed E-state index contributed by atoms with van der Waals surface area (Å²) in [5.41, 5.74) is 0.921. The minimum absolute atomic E-state index is 0.0860. The average Bonchev–Trinajstić information content (AvgIpc) is 3.19. The largest absolute Gasteiger partial charge is 0.489 e. The smallest absolute Gasteiger partial charge is 0.323 e. The van der Waals surface area contributed by atoms with Gasteiger partial charge in [0.1, 0.15) is 24.0 Å². The van der Waals surface area contributed by atoms with E-state index in [0.29, 0.717) is 53.8 Å². The molecule has 178 valence electrons. The van der Waals surface area contributed by atoms with Crippen molar-refractivity contribution in [2.45, 2.75) is 23.8 Å². The van der Waals surface area contributed by atoms with Gasteiger partial charge in [0, 0.05) is 24.1 Å². The number of hydrogen-bond donors (Lipinski definition) is 4. The Kier molecular flexibility index (Phi) is 7.55. The monoisotopic (exact) mass is 538 g/mol. The first-order chi connectivity index (χ1) is 15.8. The van der Waals surface area contributed by atoms with E-state index in [2.05, 4.69) is 31.2 Å². The lowest BCUT2D eigenvalue weighted by Gasteiger charge is -2.31. The molecule has 4 N–H and O–H groups in total. The summed E-state index contributed by atoms with van der Waals surface area (Å²) in [5.74, 6) is 0.842. The van der Waals surface area contributed by atoms with Gasteiger partial charge >= 0.3 is 5.69 Å². The van der Waals surface area contributed by atoms with Crippen molar-refractivity contribution in [3.63, 3.8) is 0 Å². The van der Waals surface area contributed by atoms with E-state index in [1.165, 1.54) is 0 Å². The topological polar surface area (TPSA) is 128 Å². The number of para-hydroxylation sites is 1. The zero-order chi connectivity index (χ0) is 23.4. The molecule has 0 spiro atoms. The van der Waals surface area contributed by atoms with Crippen molar-refractivity contribution in [2.75, 3.05) is 32.8 Å². The molecular formula is C22H27BrN4O5S. The summed E-state index contributed by atoms with van der Waals surface area (Å²) in [5, 5.41) is 13.5. The number of fused-ring (bicyclic) bond motifs is 1. The molecule has 0 amide bonds. The molecule has 1 aliphatic rings. The Labute approximate surface area is 200 Å². The van der Waals surface area contributed by atoms with Crippen LogP contribution in [-0.2, 0) is 10.0 Å². The third-order valence-electron chi connectivity index (χ3n) is 5.76. The Balaban J connectivity index is 1.20. The molecule has 1 aromatic heterocycles. The Morgan fingerprint density at radius 1 is 1.18 bits per heavy atom. The lowest BCUT2D eigenvalue weighted by atomic mass is 9.98. The molecule has 0 unspecified atom stereocenters. The Morgan fingerprint density at radius 3 is 2.70 bits per heavy atom. The first kappa shape index (κ1) is 24.0. The molecule has 2 aromatic carbocycles. The number of nitrogens with one attached hydrogen (secondary N) is 3. The SMILES string of the molecule is O=c1[nH]c2cccc(OC[C@@H](O)CNCC3CCN(S(=O)(=O)c4cccc(Br)c4)CC3)c2[nH]1. The highest BCUT2D eigenvalue weighted by molar-refractivity contribution is 9.10. The van der Waals surface area contributed by atoms with E-state index < -0.39 is 16.1 Å². The third-order valence-corrected chi connectivity index (χ3v) is 8.15. The maximum Gasteiger partial charge on any atom is 0.323 e. The van der Waals surface area contributed by atoms with Crippen molar-refractivity contribution < 1.29 is 18.3 Å². The Bertz CT molecular complexity index is 1250. The number of rotatable bonds is 9. The molecule has 4 rings (SSSR count). The molecule has 1 saturated heterocycles. The number of imidazole rings is 1. The minimum atomic E-state index is -3.49. The van der Waals surface area contributed by atoms with Crippen LogP contribution in [0.25, 0.3) is 11.0 Å². The average molecular weight is 539 g/mol. The molecule has 11 heteroatoms. The summed E-state index contributed by atoms with van der Waals surface area (Å²) in [6, 6.07) is 12.1. The fraction of sp³-hybridized carbons (Fsp3) is 0.409. The number of benzene rings is 2. The van der Waals surface area contributed by atoms with Crippen LogP contribution in [-0.4, -0.2) is 66.7 Å². The lowest BCUT2D eigenvalue weighted by molar-refractivity contribution is 0.105. The summed E-state index contributed by atoms with van der Waals surface area (Å²) in [6.45, 7) is 2.10. The first-order valence-electron chi connectivity index (χ1n) is 10.8. The van der Waals surface area contributed by atoms with Gasteiger partial charge in [0.25, 0.3) is 0 Å². The number of nitrogens with zero attached hydrogens (tertiary/aromatic N) is 1. The molecule has 1 aliphatic heterocycles. The number of halogens is 1. The van der Waals surface area contributed by atoms with Crippen molar-refractivity contribution in [1.82, 2.24) is 19.6 Å². The van der Waals surface area contributed by atoms with Crippen molar-refractivity contribution in [2.24, 2.45) is 5.92 Å². The van der Waals surface area contributed by atoms with Crippen LogP contribution in [0, 0.1) is 5.92 Å². The van der Waals surface area contributed by atoms with Gasteiger partial charge in [-0.05, 0) is 55.6 Å². The number of aromatic nitrogens is 2. The highest BCUT2D eigenvalue weighted by Crippen LogP contribution is 2.25. The number of aliphatic hydroxyl groups excluding tert-OH is 1. The number of aromatic amines is 2. The van der Waals surface area contributed by atoms with Crippen molar-refractivity contribution in [3.8, 4) is 5.75 Å². The summed E-state index contributed by atoms with van der Waals surface area (Å²) in [7, 11) is -3.49. The lowest BCUT2D eigenvalue weighted by Crippen LogP contribution is -2.42.